The minimum absolute atomic E-state index is 0.00289. The molecule has 0 spiro atoms. The highest BCUT2D eigenvalue weighted by atomic mass is 35.5. The molecule has 0 radical (unpaired) electrons. The number of fused-ring (bicyclic) bond motifs is 6. The number of carbonyl (C=O) groups is 7. The Bertz CT molecular complexity index is 3320. The van der Waals surface area contributed by atoms with Crippen molar-refractivity contribution in [2.75, 3.05) is 36.4 Å². The van der Waals surface area contributed by atoms with Gasteiger partial charge in [0, 0.05) is 88.1 Å². The van der Waals surface area contributed by atoms with E-state index in [2.05, 4.69) is 15.2 Å². The van der Waals surface area contributed by atoms with Crippen LogP contribution in [0.1, 0.15) is 105 Å². The normalized spacial score (nSPS) is 26.2. The molecule has 1 aliphatic heterocycles. The number of anilines is 1. The molecule has 2 heterocycles. The first-order chi connectivity index (χ1) is 40.3. The molecule has 20 nitrogen and oxygen atoms in total. The number of Topliss-reactive ketones (excluding diaryl/α,β-unsaturated/α-hetero) is 1. The number of aromatic nitrogens is 2. The third kappa shape index (κ3) is 12.6. The van der Waals surface area contributed by atoms with Gasteiger partial charge in [-0.15, -0.1) is 23.2 Å². The number of aliphatic hydroxyl groups is 3. The van der Waals surface area contributed by atoms with Crippen LogP contribution in [0.4, 0.5) is 5.69 Å². The van der Waals surface area contributed by atoms with Crippen molar-refractivity contribution in [1.29, 1.82) is 0 Å². The van der Waals surface area contributed by atoms with Crippen molar-refractivity contribution < 1.29 is 77.7 Å². The molecule has 1 saturated heterocycles. The summed E-state index contributed by atoms with van der Waals surface area (Å²) in [6, 6.07) is 29.1. The molecular formula is C63H72Cl2N4O16. The zero-order valence-corrected chi connectivity index (χ0v) is 49.9. The number of amides is 1. The zero-order chi connectivity index (χ0) is 61.8. The maximum Gasteiger partial charge on any atom is 0.338 e. The number of rotatable bonds is 19. The molecule has 454 valence electrons. The van der Waals surface area contributed by atoms with Gasteiger partial charge < -0.3 is 58.9 Å². The van der Waals surface area contributed by atoms with Crippen LogP contribution in [-0.2, 0) is 61.1 Å². The van der Waals surface area contributed by atoms with Crippen LogP contribution < -0.4 is 10.2 Å². The Balaban J connectivity index is 0.000000342. The summed E-state index contributed by atoms with van der Waals surface area (Å²) < 4.78 is 32.3. The van der Waals surface area contributed by atoms with E-state index in [1.165, 1.54) is 26.0 Å². The second-order valence-corrected chi connectivity index (χ2v) is 23.5. The van der Waals surface area contributed by atoms with E-state index in [-0.39, 0.29) is 41.7 Å². The van der Waals surface area contributed by atoms with Gasteiger partial charge in [0.25, 0.3) is 5.91 Å². The van der Waals surface area contributed by atoms with Crippen molar-refractivity contribution in [3.8, 4) is 0 Å². The number of esters is 4. The average molecular weight is 1210 g/mol. The number of aliphatic hydroxyl groups excluding tert-OH is 2. The van der Waals surface area contributed by atoms with Gasteiger partial charge in [-0.3, -0.25) is 24.0 Å². The van der Waals surface area contributed by atoms with Crippen molar-refractivity contribution >= 4 is 81.5 Å². The number of benzene rings is 4. The molecule has 4 aliphatic rings. The van der Waals surface area contributed by atoms with E-state index >= 15 is 4.79 Å². The number of nitrogens with one attached hydrogen (secondary N) is 1. The quantitative estimate of drug-likeness (QED) is 0.0241. The van der Waals surface area contributed by atoms with Gasteiger partial charge in [-0.2, -0.15) is 0 Å². The van der Waals surface area contributed by atoms with Crippen molar-refractivity contribution in [2.45, 2.75) is 128 Å². The molecule has 5 aromatic rings. The predicted octanol–water partition coefficient (Wildman–Crippen LogP) is 7.00. The van der Waals surface area contributed by atoms with E-state index < -0.39 is 119 Å². The van der Waals surface area contributed by atoms with Gasteiger partial charge in [-0.25, -0.2) is 14.6 Å². The number of aryl methyl sites for hydroxylation is 2. The Labute approximate surface area is 502 Å². The fourth-order valence-electron chi connectivity index (χ4n) is 12.8. The highest BCUT2D eigenvalue weighted by molar-refractivity contribution is 6.18. The molecular weight excluding hydrogens is 1140 g/mol. The number of aliphatic carboxylic acids is 1. The van der Waals surface area contributed by atoms with E-state index in [9.17, 15) is 44.1 Å². The summed E-state index contributed by atoms with van der Waals surface area (Å²) >= 11 is 11.7. The summed E-state index contributed by atoms with van der Waals surface area (Å²) in [6.07, 6.45) is -9.11. The SMILES string of the molecule is CC(=O)O[C@H]1C(=O)[C@@]2(C)[C@H]([C@H](OC(=O)c3ccccc3)[C@]3(O)C[C@H](OC(=O)[C@H](O)[C@@H](NC(=O)c4ccccc4)c4ccccc4)C(C)=C1C3(C)C)[C@]1(OC(C)=O)CO[C@@H]1C[C@@H]2O.Cn1c(CCCC(=O)O)nc2cc(N(CCCl)CCCl)ccc21. The summed E-state index contributed by atoms with van der Waals surface area (Å²) in [5.41, 5.74) is -4.02. The summed E-state index contributed by atoms with van der Waals surface area (Å²) in [5.74, 6) is -5.63. The third-order valence-electron chi connectivity index (χ3n) is 17.3. The molecule has 22 heteroatoms. The second-order valence-electron chi connectivity index (χ2n) is 22.7. The minimum Gasteiger partial charge on any atom is -0.481 e. The standard InChI is InChI=1S/C47H51NO14.C16H21Cl2N3O2/c1-25-31(60-43(56)36(52)35(28-16-10-7-11-17-28)48-41(54)29-18-12-8-13-19-29)23-47(57)40(61-42(55)30-20-14-9-15-21-30)38-45(6,32(51)22-33-46(38,24-58-33)62-27(3)50)39(53)37(59-26(2)49)34(25)44(47,4)5;1-20-14-6-5-12(21(9-7-17)10-8-18)11-13(14)19-15(20)3-2-4-16(22)23/h7-21,31-33,35-38,40,51-52,57H,22-24H2,1-6H3,(H,48,54);5-6,11H,2-4,7-10H2,1H3,(H,22,23)/t31-,32-,33+,35-,36+,37+,38-,40-,45+,46-,47+;/m0./s1. The lowest BCUT2D eigenvalue weighted by Crippen LogP contribution is -2.82. The number of ether oxygens (including phenoxy) is 5. The Morgan fingerprint density at radius 3 is 2.04 bits per heavy atom. The van der Waals surface area contributed by atoms with Crippen LogP contribution in [0.5, 0.6) is 0 Å². The van der Waals surface area contributed by atoms with Gasteiger partial charge in [-0.05, 0) is 79.4 Å². The van der Waals surface area contributed by atoms with Crippen molar-refractivity contribution in [3.05, 3.63) is 143 Å². The number of carboxylic acids is 1. The molecule has 11 atom stereocenters. The van der Waals surface area contributed by atoms with Crippen LogP contribution in [0.15, 0.2) is 120 Å². The largest absolute Gasteiger partial charge is 0.481 e. The first-order valence-electron chi connectivity index (χ1n) is 28.1. The number of nitrogens with zero attached hydrogens (tertiary/aromatic N) is 3. The molecule has 2 bridgehead atoms. The number of alkyl halides is 2. The lowest BCUT2D eigenvalue weighted by molar-refractivity contribution is -0.346. The zero-order valence-electron chi connectivity index (χ0n) is 48.4. The van der Waals surface area contributed by atoms with Crippen LogP contribution in [0.25, 0.3) is 11.0 Å². The fourth-order valence-corrected chi connectivity index (χ4v) is 13.2. The molecule has 1 aromatic heterocycles. The van der Waals surface area contributed by atoms with Crippen LogP contribution in [0.3, 0.4) is 0 Å². The monoisotopic (exact) mass is 1210 g/mol. The van der Waals surface area contributed by atoms with Gasteiger partial charge in [-0.1, -0.05) is 80.6 Å². The van der Waals surface area contributed by atoms with Gasteiger partial charge in [0.05, 0.1) is 46.7 Å². The Morgan fingerprint density at radius 1 is 0.859 bits per heavy atom. The second kappa shape index (κ2) is 26.2. The van der Waals surface area contributed by atoms with Crippen LogP contribution in [0.2, 0.25) is 0 Å². The Morgan fingerprint density at radius 2 is 1.47 bits per heavy atom. The molecule has 9 rings (SSSR count). The highest BCUT2D eigenvalue weighted by Crippen LogP contribution is 2.64. The van der Waals surface area contributed by atoms with Crippen LogP contribution in [0, 0.1) is 16.7 Å². The molecule has 2 saturated carbocycles. The average Bonchev–Trinajstić information content (AvgIpc) is 1.05. The third-order valence-corrected chi connectivity index (χ3v) is 17.6. The number of hydrogen-bond acceptors (Lipinski definition) is 17. The highest BCUT2D eigenvalue weighted by Gasteiger charge is 2.78. The van der Waals surface area contributed by atoms with Gasteiger partial charge in [0.1, 0.15) is 29.7 Å². The molecule has 4 aromatic carbocycles. The number of halogens is 2. The maximum atomic E-state index is 15.5. The van der Waals surface area contributed by atoms with E-state index in [1.54, 1.807) is 92.7 Å². The summed E-state index contributed by atoms with van der Waals surface area (Å²) in [6.45, 7) is 9.44. The number of ketones is 1. The Kier molecular flexibility index (Phi) is 19.7. The van der Waals surface area contributed by atoms with Crippen molar-refractivity contribution in [1.82, 2.24) is 14.9 Å². The first kappa shape index (κ1) is 63.8. The van der Waals surface area contributed by atoms with Crippen molar-refractivity contribution in [2.24, 2.45) is 23.8 Å². The minimum atomic E-state index is -2.39. The van der Waals surface area contributed by atoms with Crippen LogP contribution >= 0.6 is 23.2 Å². The van der Waals surface area contributed by atoms with E-state index in [0.29, 0.717) is 30.2 Å². The van der Waals surface area contributed by atoms with E-state index in [0.717, 1.165) is 49.5 Å². The van der Waals surface area contributed by atoms with Gasteiger partial charge in [0.15, 0.2) is 23.6 Å². The number of carbonyl (C=O) groups excluding carboxylic acids is 6. The van der Waals surface area contributed by atoms with Gasteiger partial charge in [0.2, 0.25) is 0 Å². The number of carboxylic acid groups (broad SMARTS) is 1. The topological polar surface area (TPSA) is 280 Å². The smallest absolute Gasteiger partial charge is 0.338 e. The number of imidazole rings is 1. The van der Waals surface area contributed by atoms with Crippen LogP contribution in [-0.4, -0.2) is 151 Å². The molecule has 85 heavy (non-hydrogen) atoms. The van der Waals surface area contributed by atoms with Crippen molar-refractivity contribution in [3.63, 3.8) is 0 Å². The molecule has 5 N–H and O–H groups in total. The summed E-state index contributed by atoms with van der Waals surface area (Å²) in [5, 5.41) is 49.0. The van der Waals surface area contributed by atoms with E-state index in [1.807, 2.05) is 29.8 Å². The van der Waals surface area contributed by atoms with E-state index in [4.69, 9.17) is 52.0 Å². The molecule has 3 aliphatic carbocycles. The lowest BCUT2D eigenvalue weighted by Gasteiger charge is -2.67. The first-order valence-corrected chi connectivity index (χ1v) is 29.1. The summed E-state index contributed by atoms with van der Waals surface area (Å²) in [7, 11) is 1.96. The molecule has 3 fully saturated rings. The number of hydrogen-bond donors (Lipinski definition) is 5. The maximum absolute atomic E-state index is 15.5. The molecule has 1 amide bonds. The van der Waals surface area contributed by atoms with Gasteiger partial charge >= 0.3 is 29.8 Å². The Hall–Kier alpha value is -7.20. The molecule has 0 unspecified atom stereocenters. The lowest BCUT2D eigenvalue weighted by atomic mass is 9.44. The summed E-state index contributed by atoms with van der Waals surface area (Å²) in [4.78, 5) is 101. The predicted molar refractivity (Wildman–Crippen MR) is 313 cm³/mol. The fraction of sp³-hybridized carbons (Fsp3) is 0.460.